The molecule has 1 fully saturated rings. The molecule has 0 aliphatic carbocycles. The number of hydrogen-bond donors (Lipinski definition) is 0. The summed E-state index contributed by atoms with van der Waals surface area (Å²) in [6.07, 6.45) is 0.906. The summed E-state index contributed by atoms with van der Waals surface area (Å²) in [5.74, 6) is 0.139. The number of hydrogen-bond acceptors (Lipinski definition) is 3. The Hall–Kier alpha value is -1.56. The van der Waals surface area contributed by atoms with Crippen LogP contribution in [-0.2, 0) is 16.0 Å². The Morgan fingerprint density at radius 2 is 1.96 bits per heavy atom. The van der Waals surface area contributed by atoms with Crippen molar-refractivity contribution < 1.29 is 14.3 Å². The van der Waals surface area contributed by atoms with E-state index in [1.54, 1.807) is 4.90 Å². The van der Waals surface area contributed by atoms with Crippen LogP contribution in [0.2, 0.25) is 0 Å². The largest absolute Gasteiger partial charge is 0.444 e. The fraction of sp³-hybridized carbons (Fsp3) is 0.600. The summed E-state index contributed by atoms with van der Waals surface area (Å²) in [7, 11) is 0. The summed E-state index contributed by atoms with van der Waals surface area (Å²) in [4.78, 5) is 28.5. The van der Waals surface area contributed by atoms with Gasteiger partial charge in [0.2, 0.25) is 5.91 Å². The molecule has 5 nitrogen and oxygen atoms in total. The molecular formula is C20H29BrN2O3. The Labute approximate surface area is 164 Å². The summed E-state index contributed by atoms with van der Waals surface area (Å²) < 4.78 is 6.48. The van der Waals surface area contributed by atoms with Gasteiger partial charge in [-0.3, -0.25) is 4.79 Å². The summed E-state index contributed by atoms with van der Waals surface area (Å²) in [6.45, 7) is 11.2. The van der Waals surface area contributed by atoms with Crippen LogP contribution in [0.1, 0.15) is 45.2 Å². The maximum Gasteiger partial charge on any atom is 0.410 e. The molecule has 1 aliphatic heterocycles. The van der Waals surface area contributed by atoms with Gasteiger partial charge in [-0.25, -0.2) is 4.79 Å². The van der Waals surface area contributed by atoms with Gasteiger partial charge in [-0.2, -0.15) is 0 Å². The Bertz CT molecular complexity index is 670. The monoisotopic (exact) mass is 424 g/mol. The zero-order valence-electron chi connectivity index (χ0n) is 16.3. The van der Waals surface area contributed by atoms with Crippen molar-refractivity contribution >= 4 is 27.9 Å². The van der Waals surface area contributed by atoms with E-state index in [0.717, 1.165) is 10.9 Å². The number of rotatable bonds is 3. The van der Waals surface area contributed by atoms with Crippen molar-refractivity contribution in [1.82, 2.24) is 9.80 Å². The third-order valence-corrected chi connectivity index (χ3v) is 5.02. The van der Waals surface area contributed by atoms with Crippen molar-refractivity contribution in [3.05, 3.63) is 33.8 Å². The Balaban J connectivity index is 1.88. The molecule has 0 N–H and O–H groups in total. The van der Waals surface area contributed by atoms with Gasteiger partial charge in [0.15, 0.2) is 0 Å². The van der Waals surface area contributed by atoms with E-state index in [2.05, 4.69) is 35.0 Å². The minimum absolute atomic E-state index is 0.0462. The van der Waals surface area contributed by atoms with Gasteiger partial charge in [0.25, 0.3) is 0 Å². The van der Waals surface area contributed by atoms with Crippen LogP contribution in [0.3, 0.4) is 0 Å². The topological polar surface area (TPSA) is 49.9 Å². The maximum atomic E-state index is 12.6. The first kappa shape index (κ1) is 20.7. The van der Waals surface area contributed by atoms with Crippen LogP contribution in [-0.4, -0.2) is 53.1 Å². The number of halogens is 1. The first-order valence-electron chi connectivity index (χ1n) is 9.09. The van der Waals surface area contributed by atoms with Crippen LogP contribution in [0.25, 0.3) is 0 Å². The highest BCUT2D eigenvalue weighted by Gasteiger charge is 2.32. The van der Waals surface area contributed by atoms with Crippen LogP contribution >= 0.6 is 15.9 Å². The van der Waals surface area contributed by atoms with Crippen LogP contribution in [0.15, 0.2) is 22.7 Å². The van der Waals surface area contributed by atoms with Gasteiger partial charge in [-0.15, -0.1) is 0 Å². The third-order valence-electron chi connectivity index (χ3n) is 4.53. The molecule has 26 heavy (non-hydrogen) atoms. The second-order valence-corrected chi connectivity index (χ2v) is 8.85. The Morgan fingerprint density at radius 3 is 2.58 bits per heavy atom. The van der Waals surface area contributed by atoms with E-state index < -0.39 is 5.60 Å². The van der Waals surface area contributed by atoms with E-state index in [1.165, 1.54) is 11.1 Å². The van der Waals surface area contributed by atoms with Crippen molar-refractivity contribution in [3.8, 4) is 0 Å². The highest BCUT2D eigenvalue weighted by Crippen LogP contribution is 2.19. The first-order valence-corrected chi connectivity index (χ1v) is 9.88. The van der Waals surface area contributed by atoms with Gasteiger partial charge in [0, 0.05) is 36.6 Å². The molecule has 0 unspecified atom stereocenters. The van der Waals surface area contributed by atoms with E-state index in [9.17, 15) is 9.59 Å². The molecule has 2 amide bonds. The van der Waals surface area contributed by atoms with Gasteiger partial charge in [0.05, 0.1) is 0 Å². The van der Waals surface area contributed by atoms with E-state index in [0.29, 0.717) is 26.1 Å². The molecule has 0 saturated carbocycles. The normalized spacial score (nSPS) is 18.0. The third kappa shape index (κ3) is 5.73. The molecule has 0 radical (unpaired) electrons. The lowest BCUT2D eigenvalue weighted by molar-refractivity contribution is -0.134. The van der Waals surface area contributed by atoms with Gasteiger partial charge >= 0.3 is 6.09 Å². The summed E-state index contributed by atoms with van der Waals surface area (Å²) in [5.41, 5.74) is 1.88. The van der Waals surface area contributed by atoms with Crippen molar-refractivity contribution in [2.45, 2.75) is 59.1 Å². The lowest BCUT2D eigenvalue weighted by Crippen LogP contribution is -2.56. The quantitative estimate of drug-likeness (QED) is 0.731. The van der Waals surface area contributed by atoms with E-state index in [1.807, 2.05) is 38.7 Å². The lowest BCUT2D eigenvalue weighted by Gasteiger charge is -2.40. The second-order valence-electron chi connectivity index (χ2n) is 7.93. The number of aryl methyl sites for hydroxylation is 2. The summed E-state index contributed by atoms with van der Waals surface area (Å²) in [6, 6.07) is 6.10. The molecule has 1 heterocycles. The molecule has 1 saturated heterocycles. The number of amides is 2. The molecular weight excluding hydrogens is 396 g/mol. The number of nitrogens with zero attached hydrogens (tertiary/aromatic N) is 2. The average molecular weight is 425 g/mol. The fourth-order valence-corrected chi connectivity index (χ4v) is 3.49. The van der Waals surface area contributed by atoms with Gasteiger partial charge in [0.1, 0.15) is 5.60 Å². The minimum Gasteiger partial charge on any atom is -0.444 e. The highest BCUT2D eigenvalue weighted by atomic mass is 79.9. The maximum absolute atomic E-state index is 12.6. The second kappa shape index (κ2) is 8.42. The van der Waals surface area contributed by atoms with Gasteiger partial charge in [-0.05, 0) is 64.3 Å². The molecule has 1 aliphatic rings. The average Bonchev–Trinajstić information content (AvgIpc) is 2.53. The Kier molecular flexibility index (Phi) is 6.72. The smallest absolute Gasteiger partial charge is 0.410 e. The molecule has 6 heteroatoms. The molecule has 1 aromatic carbocycles. The molecule has 1 aromatic rings. The van der Waals surface area contributed by atoms with Crippen molar-refractivity contribution in [3.63, 3.8) is 0 Å². The number of carbonyl (C=O) groups is 2. The predicted molar refractivity (Wildman–Crippen MR) is 106 cm³/mol. The van der Waals surface area contributed by atoms with Gasteiger partial charge in [-0.1, -0.05) is 22.0 Å². The van der Waals surface area contributed by atoms with E-state index in [-0.39, 0.29) is 18.0 Å². The number of carbonyl (C=O) groups excluding carboxylic acids is 2. The first-order chi connectivity index (χ1) is 12.1. The van der Waals surface area contributed by atoms with Gasteiger partial charge < -0.3 is 14.5 Å². The van der Waals surface area contributed by atoms with Crippen molar-refractivity contribution in [2.24, 2.45) is 0 Å². The molecule has 2 rings (SSSR count). The van der Waals surface area contributed by atoms with Crippen LogP contribution in [0.4, 0.5) is 4.79 Å². The van der Waals surface area contributed by atoms with E-state index >= 15 is 0 Å². The van der Waals surface area contributed by atoms with Crippen molar-refractivity contribution in [1.29, 1.82) is 0 Å². The molecule has 1 atom stereocenters. The Morgan fingerprint density at radius 1 is 1.27 bits per heavy atom. The predicted octanol–water partition coefficient (Wildman–Crippen LogP) is 4.16. The van der Waals surface area contributed by atoms with Crippen LogP contribution in [0.5, 0.6) is 0 Å². The van der Waals surface area contributed by atoms with Crippen molar-refractivity contribution in [2.75, 3.05) is 19.6 Å². The fourth-order valence-electron chi connectivity index (χ4n) is 3.09. The van der Waals surface area contributed by atoms with Crippen LogP contribution < -0.4 is 0 Å². The van der Waals surface area contributed by atoms with Crippen LogP contribution in [0, 0.1) is 6.92 Å². The lowest BCUT2D eigenvalue weighted by atomic mass is 10.0. The zero-order chi connectivity index (χ0) is 19.5. The number of piperazine rings is 1. The molecule has 0 spiro atoms. The highest BCUT2D eigenvalue weighted by molar-refractivity contribution is 9.10. The zero-order valence-corrected chi connectivity index (χ0v) is 17.9. The summed E-state index contributed by atoms with van der Waals surface area (Å²) in [5, 5.41) is 0. The summed E-state index contributed by atoms with van der Waals surface area (Å²) >= 11 is 3.48. The molecule has 0 aromatic heterocycles. The van der Waals surface area contributed by atoms with E-state index in [4.69, 9.17) is 4.74 Å². The standard InChI is InChI=1S/C20H29BrN2O3/c1-14-6-8-17(21)12-16(14)7-9-18(24)22-10-11-23(15(2)13-22)19(25)26-20(3,4)5/h6,8,12,15H,7,9-11,13H2,1-5H3/t15-/m0/s1. The molecule has 144 valence electrons. The SMILES string of the molecule is Cc1ccc(Br)cc1CCC(=O)N1CCN(C(=O)OC(C)(C)C)[C@@H](C)C1. The molecule has 0 bridgehead atoms. The number of benzene rings is 1. The number of ether oxygens (including phenoxy) is 1. The minimum atomic E-state index is -0.508.